The smallest absolute Gasteiger partial charge is 0.262 e. The fourth-order valence-electron chi connectivity index (χ4n) is 3.16. The maximum absolute atomic E-state index is 13.2. The first kappa shape index (κ1) is 19.3. The van der Waals surface area contributed by atoms with Gasteiger partial charge in [0.2, 0.25) is 5.78 Å². The Morgan fingerprint density at radius 3 is 1.86 bits per heavy atom. The molecular formula is C22H14BrNO4S. The Labute approximate surface area is 176 Å². The highest BCUT2D eigenvalue weighted by molar-refractivity contribution is 9.10. The minimum absolute atomic E-state index is 0.0141. The number of carbonyl (C=O) groups excluding carboxylic acids is 2. The molecule has 0 bridgehead atoms. The van der Waals surface area contributed by atoms with Crippen LogP contribution in [-0.4, -0.2) is 20.0 Å². The van der Waals surface area contributed by atoms with E-state index in [2.05, 4.69) is 20.7 Å². The van der Waals surface area contributed by atoms with Crippen molar-refractivity contribution in [2.75, 3.05) is 0 Å². The van der Waals surface area contributed by atoms with Gasteiger partial charge < -0.3 is 0 Å². The highest BCUT2D eigenvalue weighted by Gasteiger charge is 2.35. The number of rotatable bonds is 4. The zero-order valence-corrected chi connectivity index (χ0v) is 17.3. The fraction of sp³-hybridized carbons (Fsp3) is 0. The van der Waals surface area contributed by atoms with Gasteiger partial charge in [0.1, 0.15) is 5.70 Å². The van der Waals surface area contributed by atoms with Gasteiger partial charge in [-0.25, -0.2) is 8.42 Å². The summed E-state index contributed by atoms with van der Waals surface area (Å²) in [5.41, 5.74) is 0.681. The molecule has 0 atom stereocenters. The lowest BCUT2D eigenvalue weighted by Gasteiger charge is -2.22. The van der Waals surface area contributed by atoms with Crippen molar-refractivity contribution in [2.45, 2.75) is 4.90 Å². The standard InChI is InChI=1S/C22H14BrNO4S/c23-15-10-12-16(13-11-15)29(27,28)24-20-19(14-6-2-1-3-7-14)21(25)17-8-4-5-9-18(17)22(20)26/h1-13,24H. The number of halogens is 1. The number of carbonyl (C=O) groups is 2. The molecule has 3 aromatic carbocycles. The Bertz CT molecular complexity index is 1260. The first-order chi connectivity index (χ1) is 13.9. The largest absolute Gasteiger partial charge is 0.288 e. The summed E-state index contributed by atoms with van der Waals surface area (Å²) in [6.07, 6.45) is 0. The lowest BCUT2D eigenvalue weighted by atomic mass is 9.84. The van der Waals surface area contributed by atoms with E-state index < -0.39 is 21.6 Å². The zero-order chi connectivity index (χ0) is 20.6. The van der Waals surface area contributed by atoms with Crippen LogP contribution in [0.3, 0.4) is 0 Å². The molecular weight excluding hydrogens is 454 g/mol. The number of hydrogen-bond donors (Lipinski definition) is 1. The Morgan fingerprint density at radius 2 is 1.24 bits per heavy atom. The Kier molecular flexibility index (Phi) is 4.94. The number of sulfonamides is 1. The summed E-state index contributed by atoms with van der Waals surface area (Å²) in [6, 6.07) is 21.0. The van der Waals surface area contributed by atoms with Crippen molar-refractivity contribution in [1.82, 2.24) is 4.72 Å². The molecule has 0 aliphatic heterocycles. The molecule has 144 valence electrons. The van der Waals surface area contributed by atoms with Crippen molar-refractivity contribution in [1.29, 1.82) is 0 Å². The third kappa shape index (κ3) is 3.54. The molecule has 0 spiro atoms. The van der Waals surface area contributed by atoms with Crippen molar-refractivity contribution >= 4 is 43.1 Å². The van der Waals surface area contributed by atoms with Gasteiger partial charge in [0, 0.05) is 15.6 Å². The second-order valence-electron chi connectivity index (χ2n) is 6.38. The van der Waals surface area contributed by atoms with E-state index in [0.717, 1.165) is 4.47 Å². The molecule has 0 amide bonds. The number of allylic oxidation sites excluding steroid dienone is 2. The summed E-state index contributed by atoms with van der Waals surface area (Å²) in [5, 5.41) is 0. The third-order valence-electron chi connectivity index (χ3n) is 4.54. The maximum atomic E-state index is 13.2. The molecule has 1 aliphatic rings. The second kappa shape index (κ2) is 7.42. The van der Waals surface area contributed by atoms with Crippen molar-refractivity contribution in [3.8, 4) is 0 Å². The molecule has 0 saturated carbocycles. The monoisotopic (exact) mass is 467 g/mol. The predicted molar refractivity (Wildman–Crippen MR) is 113 cm³/mol. The van der Waals surface area contributed by atoms with Gasteiger partial charge in [-0.05, 0) is 29.8 Å². The fourth-order valence-corrected chi connectivity index (χ4v) is 4.50. The van der Waals surface area contributed by atoms with Crippen LogP contribution in [0.15, 0.2) is 93.9 Å². The van der Waals surface area contributed by atoms with Gasteiger partial charge in [0.05, 0.1) is 10.5 Å². The van der Waals surface area contributed by atoms with Crippen LogP contribution in [0.1, 0.15) is 26.3 Å². The topological polar surface area (TPSA) is 80.3 Å². The van der Waals surface area contributed by atoms with Crippen LogP contribution in [0.2, 0.25) is 0 Å². The average molecular weight is 468 g/mol. The number of Topliss-reactive ketones (excluding diaryl/α,β-unsaturated/α-hetero) is 2. The summed E-state index contributed by atoms with van der Waals surface area (Å²) in [7, 11) is -4.08. The molecule has 5 nitrogen and oxygen atoms in total. The quantitative estimate of drug-likeness (QED) is 0.622. The SMILES string of the molecule is O=C1C(NS(=O)(=O)c2ccc(Br)cc2)=C(c2ccccc2)C(=O)c2ccccc21. The van der Waals surface area contributed by atoms with Crippen molar-refractivity contribution in [3.63, 3.8) is 0 Å². The summed E-state index contributed by atoms with van der Waals surface area (Å²) in [4.78, 5) is 26.3. The summed E-state index contributed by atoms with van der Waals surface area (Å²) < 4.78 is 28.9. The third-order valence-corrected chi connectivity index (χ3v) is 6.44. The van der Waals surface area contributed by atoms with Gasteiger partial charge in [-0.15, -0.1) is 0 Å². The lowest BCUT2D eigenvalue weighted by Crippen LogP contribution is -2.33. The molecule has 0 aromatic heterocycles. The molecule has 1 N–H and O–H groups in total. The van der Waals surface area contributed by atoms with Gasteiger partial charge in [0.15, 0.2) is 5.78 Å². The summed E-state index contributed by atoms with van der Waals surface area (Å²) in [5.74, 6) is -0.945. The zero-order valence-electron chi connectivity index (χ0n) is 14.9. The molecule has 0 radical (unpaired) electrons. The maximum Gasteiger partial charge on any atom is 0.262 e. The summed E-state index contributed by atoms with van der Waals surface area (Å²) >= 11 is 3.26. The van der Waals surface area contributed by atoms with Crippen LogP contribution >= 0.6 is 15.9 Å². The normalized spacial score (nSPS) is 14.0. The Balaban J connectivity index is 1.90. The first-order valence-corrected chi connectivity index (χ1v) is 10.9. The van der Waals surface area contributed by atoms with E-state index in [9.17, 15) is 18.0 Å². The predicted octanol–water partition coefficient (Wildman–Crippen LogP) is 4.22. The summed E-state index contributed by atoms with van der Waals surface area (Å²) in [6.45, 7) is 0. The highest BCUT2D eigenvalue weighted by atomic mass is 79.9. The van der Waals surface area contributed by atoms with Crippen LogP contribution in [-0.2, 0) is 10.0 Å². The second-order valence-corrected chi connectivity index (χ2v) is 8.98. The number of benzene rings is 3. The minimum atomic E-state index is -4.08. The molecule has 4 rings (SSSR count). The van der Waals surface area contributed by atoms with Gasteiger partial charge in [-0.1, -0.05) is 70.5 Å². The molecule has 3 aromatic rings. The average Bonchev–Trinajstić information content (AvgIpc) is 2.73. The first-order valence-electron chi connectivity index (χ1n) is 8.65. The van der Waals surface area contributed by atoms with E-state index in [4.69, 9.17) is 0 Å². The van der Waals surface area contributed by atoms with Gasteiger partial charge in [-0.2, -0.15) is 0 Å². The molecule has 7 heteroatoms. The van der Waals surface area contributed by atoms with Crippen LogP contribution in [0.5, 0.6) is 0 Å². The number of fused-ring (bicyclic) bond motifs is 1. The van der Waals surface area contributed by atoms with E-state index in [0.29, 0.717) is 5.56 Å². The van der Waals surface area contributed by atoms with E-state index in [-0.39, 0.29) is 27.3 Å². The van der Waals surface area contributed by atoms with Crippen LogP contribution in [0, 0.1) is 0 Å². The molecule has 0 fully saturated rings. The van der Waals surface area contributed by atoms with Crippen molar-refractivity contribution in [3.05, 3.63) is 106 Å². The molecule has 0 unspecified atom stereocenters. The van der Waals surface area contributed by atoms with E-state index in [1.807, 2.05) is 0 Å². The Morgan fingerprint density at radius 1 is 0.690 bits per heavy atom. The van der Waals surface area contributed by atoms with Gasteiger partial charge in [0.25, 0.3) is 10.0 Å². The Hall–Kier alpha value is -3.03. The molecule has 0 saturated heterocycles. The van der Waals surface area contributed by atoms with E-state index >= 15 is 0 Å². The van der Waals surface area contributed by atoms with Crippen molar-refractivity contribution < 1.29 is 18.0 Å². The van der Waals surface area contributed by atoms with Crippen molar-refractivity contribution in [2.24, 2.45) is 0 Å². The molecule has 0 heterocycles. The minimum Gasteiger partial charge on any atom is -0.288 e. The van der Waals surface area contributed by atoms with E-state index in [1.165, 1.54) is 18.2 Å². The van der Waals surface area contributed by atoms with Gasteiger partial charge in [-0.3, -0.25) is 14.3 Å². The van der Waals surface area contributed by atoms with E-state index in [1.54, 1.807) is 60.7 Å². The lowest BCUT2D eigenvalue weighted by molar-refractivity contribution is 0.0988. The highest BCUT2D eigenvalue weighted by Crippen LogP contribution is 2.32. The van der Waals surface area contributed by atoms with Crippen LogP contribution < -0.4 is 4.72 Å². The van der Waals surface area contributed by atoms with Crippen LogP contribution in [0.4, 0.5) is 0 Å². The number of hydrogen-bond acceptors (Lipinski definition) is 4. The molecule has 1 aliphatic carbocycles. The van der Waals surface area contributed by atoms with Gasteiger partial charge >= 0.3 is 0 Å². The number of ketones is 2. The number of nitrogens with one attached hydrogen (secondary N) is 1. The van der Waals surface area contributed by atoms with Crippen LogP contribution in [0.25, 0.3) is 5.57 Å². The molecule has 29 heavy (non-hydrogen) atoms.